The Morgan fingerprint density at radius 2 is 1.78 bits per heavy atom. The minimum absolute atomic E-state index is 0.0246. The number of allylic oxidation sites excluding steroid dienone is 1. The van der Waals surface area contributed by atoms with Crippen molar-refractivity contribution in [1.29, 1.82) is 0 Å². The van der Waals surface area contributed by atoms with E-state index in [1.54, 1.807) is 32.9 Å². The number of ether oxygens (including phenoxy) is 5. The highest BCUT2D eigenvalue weighted by Gasteiger charge is 2.55. The van der Waals surface area contributed by atoms with E-state index in [0.29, 0.717) is 42.1 Å². The number of hydrogen-bond acceptors (Lipinski definition) is 10. The zero-order valence-corrected chi connectivity index (χ0v) is 31.8. The molecule has 0 aromatic heterocycles. The Hall–Kier alpha value is -4.36. The third-order valence-electron chi connectivity index (χ3n) is 10.8. The minimum Gasteiger partial charge on any atom is -0.460 e. The second-order valence-corrected chi connectivity index (χ2v) is 16.4. The largest absolute Gasteiger partial charge is 0.460 e. The van der Waals surface area contributed by atoms with Gasteiger partial charge in [-0.15, -0.1) is 0 Å². The maximum atomic E-state index is 13.7. The maximum Gasteiger partial charge on any atom is 0.338 e. The van der Waals surface area contributed by atoms with Crippen LogP contribution in [0.1, 0.15) is 92.8 Å². The smallest absolute Gasteiger partial charge is 0.338 e. The molecule has 7 atom stereocenters. The van der Waals surface area contributed by atoms with Crippen LogP contribution < -0.4 is 10.6 Å². The van der Waals surface area contributed by atoms with Crippen molar-refractivity contribution >= 4 is 29.8 Å². The number of nitrogens with one attached hydrogen (secondary N) is 2. The molecule has 3 aliphatic carbocycles. The number of hydrogen-bond donors (Lipinski definition) is 3. The quantitative estimate of drug-likeness (QED) is 0.196. The zero-order chi connectivity index (χ0) is 38.7. The summed E-state index contributed by atoms with van der Waals surface area (Å²) in [6.07, 6.45) is 9.34. The van der Waals surface area contributed by atoms with Crippen molar-refractivity contribution in [1.82, 2.24) is 10.6 Å². The van der Waals surface area contributed by atoms with Gasteiger partial charge in [-0.25, -0.2) is 4.79 Å². The summed E-state index contributed by atoms with van der Waals surface area (Å²) in [5.41, 5.74) is 3.30. The number of rotatable bonds is 13. The first kappa shape index (κ1) is 38.9. The topological polar surface area (TPSA) is 162 Å². The van der Waals surface area contributed by atoms with Gasteiger partial charge >= 0.3 is 11.9 Å². The Kier molecular flexibility index (Phi) is 11.6. The molecule has 0 bridgehead atoms. The molecule has 3 fully saturated rings. The molecule has 2 heterocycles. The van der Waals surface area contributed by atoms with E-state index in [9.17, 15) is 24.3 Å². The molecular weight excluding hydrogens is 704 g/mol. The van der Waals surface area contributed by atoms with Crippen LogP contribution in [0, 0.1) is 5.92 Å². The van der Waals surface area contributed by atoms with Crippen LogP contribution in [0.5, 0.6) is 0 Å². The van der Waals surface area contributed by atoms with Crippen LogP contribution in [0.25, 0.3) is 6.08 Å². The summed E-state index contributed by atoms with van der Waals surface area (Å²) in [7, 11) is 0. The van der Waals surface area contributed by atoms with Gasteiger partial charge in [-0.3, -0.25) is 14.4 Å². The maximum absolute atomic E-state index is 13.7. The van der Waals surface area contributed by atoms with Crippen molar-refractivity contribution in [3.63, 3.8) is 0 Å². The summed E-state index contributed by atoms with van der Waals surface area (Å²) in [6, 6.07) is 14.8. The van der Waals surface area contributed by atoms with Crippen molar-refractivity contribution in [2.45, 2.75) is 127 Å². The van der Waals surface area contributed by atoms with Gasteiger partial charge in [0.2, 0.25) is 11.8 Å². The lowest BCUT2D eigenvalue weighted by Crippen LogP contribution is -2.44. The first-order chi connectivity index (χ1) is 26.3. The number of amides is 2. The molecule has 2 aliphatic heterocycles. The Labute approximate surface area is 322 Å². The number of epoxide rings is 1. The van der Waals surface area contributed by atoms with Crippen molar-refractivity contribution in [3.8, 4) is 0 Å². The number of esters is 2. The lowest BCUT2D eigenvalue weighted by molar-refractivity contribution is -0.172. The van der Waals surface area contributed by atoms with E-state index in [-0.39, 0.29) is 44.7 Å². The molecule has 55 heavy (non-hydrogen) atoms. The van der Waals surface area contributed by atoms with Gasteiger partial charge in [-0.1, -0.05) is 48.6 Å². The van der Waals surface area contributed by atoms with Crippen LogP contribution in [0.15, 0.2) is 66.3 Å². The molecule has 12 heteroatoms. The number of benzene rings is 2. The number of carbonyl (C=O) groups excluding carboxylic acids is 4. The monoisotopic (exact) mass is 756 g/mol. The summed E-state index contributed by atoms with van der Waals surface area (Å²) in [5.74, 6) is -2.22. The second kappa shape index (κ2) is 16.4. The van der Waals surface area contributed by atoms with E-state index in [1.165, 1.54) is 0 Å². The van der Waals surface area contributed by atoms with Crippen molar-refractivity contribution in [2.75, 3.05) is 13.2 Å². The van der Waals surface area contributed by atoms with Crippen molar-refractivity contribution in [3.05, 3.63) is 88.5 Å². The summed E-state index contributed by atoms with van der Waals surface area (Å²) in [4.78, 5) is 52.0. The second-order valence-electron chi connectivity index (χ2n) is 16.4. The van der Waals surface area contributed by atoms with E-state index < -0.39 is 53.6 Å². The normalized spacial score (nSPS) is 26.7. The van der Waals surface area contributed by atoms with Crippen molar-refractivity contribution < 1.29 is 48.0 Å². The molecule has 294 valence electrons. The number of aliphatic hydroxyl groups is 1. The highest BCUT2D eigenvalue weighted by atomic mass is 16.8. The average Bonchev–Trinajstić information content (AvgIpc) is 3.70. The Morgan fingerprint density at radius 3 is 2.51 bits per heavy atom. The molecule has 7 rings (SSSR count). The lowest BCUT2D eigenvalue weighted by atomic mass is 9.88. The lowest BCUT2D eigenvalue weighted by Gasteiger charge is -2.30. The molecule has 5 aliphatic rings. The number of aliphatic hydroxyl groups excluding tert-OH is 1. The number of carbonyl (C=O) groups is 4. The highest BCUT2D eigenvalue weighted by molar-refractivity contribution is 5.94. The Morgan fingerprint density at radius 1 is 1.00 bits per heavy atom. The molecule has 12 nitrogen and oxygen atoms in total. The van der Waals surface area contributed by atoms with E-state index in [0.717, 1.165) is 36.0 Å². The van der Waals surface area contributed by atoms with Crippen LogP contribution in [0.4, 0.5) is 0 Å². The average molecular weight is 757 g/mol. The van der Waals surface area contributed by atoms with Crippen LogP contribution in [-0.2, 0) is 50.9 Å². The van der Waals surface area contributed by atoms with Gasteiger partial charge in [0.25, 0.3) is 0 Å². The zero-order valence-electron chi connectivity index (χ0n) is 31.8. The van der Waals surface area contributed by atoms with E-state index >= 15 is 0 Å². The summed E-state index contributed by atoms with van der Waals surface area (Å²) in [5, 5.41) is 15.3. The predicted molar refractivity (Wildman–Crippen MR) is 201 cm³/mol. The summed E-state index contributed by atoms with van der Waals surface area (Å²) in [6.45, 7) is 4.99. The van der Waals surface area contributed by atoms with Crippen LogP contribution in [0.3, 0.4) is 0 Å². The molecule has 2 aromatic rings. The molecule has 2 aromatic carbocycles. The van der Waals surface area contributed by atoms with E-state index in [4.69, 9.17) is 23.7 Å². The van der Waals surface area contributed by atoms with Gasteiger partial charge in [0, 0.05) is 44.2 Å². The van der Waals surface area contributed by atoms with Gasteiger partial charge in [-0.05, 0) is 87.3 Å². The molecule has 7 unspecified atom stereocenters. The van der Waals surface area contributed by atoms with Crippen LogP contribution in [0.2, 0.25) is 0 Å². The van der Waals surface area contributed by atoms with E-state index in [2.05, 4.69) is 34.9 Å². The highest BCUT2D eigenvalue weighted by Crippen LogP contribution is 2.45. The molecular formula is C43H52N2O10. The summed E-state index contributed by atoms with van der Waals surface area (Å²) < 4.78 is 30.3. The summed E-state index contributed by atoms with van der Waals surface area (Å²) >= 11 is 0. The molecule has 2 saturated heterocycles. The van der Waals surface area contributed by atoms with Crippen LogP contribution >= 0.6 is 0 Å². The van der Waals surface area contributed by atoms with Gasteiger partial charge in [-0.2, -0.15) is 0 Å². The third kappa shape index (κ3) is 9.91. The molecule has 0 radical (unpaired) electrons. The first-order valence-electron chi connectivity index (χ1n) is 19.5. The SMILES string of the molecule is CC(C)(C)OC(=O)CCC(CO)NC(=O)CCNC(=O)C1=CC2OC3(Cc4ccccc4C3)OC2C(OC(=O)c2cccc(C=CC3CCC4OC4C3)c2)C1. The molecule has 1 spiro atoms. The Bertz CT molecular complexity index is 1810. The van der Waals surface area contributed by atoms with Gasteiger partial charge < -0.3 is 39.4 Å². The third-order valence-corrected chi connectivity index (χ3v) is 10.8. The van der Waals surface area contributed by atoms with Gasteiger partial charge in [0.1, 0.15) is 23.9 Å². The van der Waals surface area contributed by atoms with Gasteiger partial charge in [0.05, 0.1) is 30.4 Å². The van der Waals surface area contributed by atoms with Crippen LogP contribution in [-0.4, -0.2) is 90.0 Å². The van der Waals surface area contributed by atoms with Gasteiger partial charge in [0.15, 0.2) is 5.79 Å². The number of fused-ring (bicyclic) bond motifs is 3. The first-order valence-corrected chi connectivity index (χ1v) is 19.5. The van der Waals surface area contributed by atoms with Crippen molar-refractivity contribution in [2.24, 2.45) is 5.92 Å². The Balaban J connectivity index is 0.976. The fraction of sp³-hybridized carbons (Fsp3) is 0.535. The predicted octanol–water partition coefficient (Wildman–Crippen LogP) is 4.51. The molecule has 1 saturated carbocycles. The minimum atomic E-state index is -0.938. The fourth-order valence-electron chi connectivity index (χ4n) is 8.09. The molecule has 3 N–H and O–H groups in total. The van der Waals surface area contributed by atoms with E-state index in [1.807, 2.05) is 30.3 Å². The fourth-order valence-corrected chi connectivity index (χ4v) is 8.09. The standard InChI is InChI=1S/C43H52N2O10/c1-42(2,3)54-38(48)16-14-32(25-46)45-37(47)17-18-44-40(49)31-21-35(39-36(22-31)53-43(55-39)23-29-8-4-5-9-30(29)24-43)52-41(50)28-10-6-7-26(19-28)11-12-27-13-15-33-34(20-27)51-33/h4-12,19,22,27,32-36,39,46H,13-18,20-21,23-25H2,1-3H3,(H,44,49)(H,45,47). The molecule has 2 amide bonds.